The number of carbonyl (C=O) groups is 2. The van der Waals surface area contributed by atoms with Crippen molar-refractivity contribution in [2.75, 3.05) is 13.7 Å². The van der Waals surface area contributed by atoms with Gasteiger partial charge in [0.2, 0.25) is 0 Å². The minimum absolute atomic E-state index is 0.179. The molecule has 0 spiro atoms. The van der Waals surface area contributed by atoms with Gasteiger partial charge in [0.25, 0.3) is 11.8 Å². The monoisotopic (exact) mass is 486 g/mol. The Morgan fingerprint density at radius 3 is 2.54 bits per heavy atom. The van der Waals surface area contributed by atoms with Crippen LogP contribution < -0.4 is 4.74 Å². The zero-order valence-electron chi connectivity index (χ0n) is 19.7. The van der Waals surface area contributed by atoms with E-state index in [2.05, 4.69) is 23.2 Å². The van der Waals surface area contributed by atoms with Crippen LogP contribution >= 0.6 is 11.6 Å². The summed E-state index contributed by atoms with van der Waals surface area (Å²) in [5.74, 6) is 0.889. The third-order valence-electron chi connectivity index (χ3n) is 6.93. The van der Waals surface area contributed by atoms with Gasteiger partial charge in [0.15, 0.2) is 0 Å². The van der Waals surface area contributed by atoms with Crippen molar-refractivity contribution in [3.63, 3.8) is 0 Å². The van der Waals surface area contributed by atoms with Crippen molar-refractivity contribution in [2.45, 2.75) is 32.1 Å². The fourth-order valence-electron chi connectivity index (χ4n) is 5.13. The maximum atomic E-state index is 12.6. The van der Waals surface area contributed by atoms with Gasteiger partial charge in [0.05, 0.1) is 18.2 Å². The molecule has 3 aromatic rings. The number of unbranched alkanes of at least 4 members (excludes halogenated alkanes) is 1. The van der Waals surface area contributed by atoms with Gasteiger partial charge in [-0.2, -0.15) is 0 Å². The fourth-order valence-corrected chi connectivity index (χ4v) is 5.41. The molecule has 0 saturated carbocycles. The van der Waals surface area contributed by atoms with Crippen molar-refractivity contribution in [3.05, 3.63) is 99.8 Å². The topological polar surface area (TPSA) is 59.5 Å². The van der Waals surface area contributed by atoms with Crippen LogP contribution in [0.3, 0.4) is 0 Å². The summed E-state index contributed by atoms with van der Waals surface area (Å²) in [6, 6.07) is 17.1. The average molecular weight is 487 g/mol. The molecule has 2 heterocycles. The maximum absolute atomic E-state index is 12.6. The van der Waals surface area contributed by atoms with E-state index in [1.54, 1.807) is 37.6 Å². The number of hydrogen-bond acceptors (Lipinski definition) is 4. The third-order valence-corrected chi connectivity index (χ3v) is 7.21. The number of hydrogen-bond donors (Lipinski definition) is 0. The van der Waals surface area contributed by atoms with E-state index < -0.39 is 0 Å². The van der Waals surface area contributed by atoms with Gasteiger partial charge in [0, 0.05) is 18.3 Å². The first-order valence-corrected chi connectivity index (χ1v) is 12.4. The zero-order chi connectivity index (χ0) is 24.4. The minimum Gasteiger partial charge on any atom is -0.497 e. The van der Waals surface area contributed by atoms with E-state index in [1.807, 2.05) is 18.2 Å². The van der Waals surface area contributed by atoms with E-state index in [0.717, 1.165) is 54.6 Å². The number of fused-ring (bicyclic) bond motifs is 2. The van der Waals surface area contributed by atoms with E-state index in [0.29, 0.717) is 28.7 Å². The van der Waals surface area contributed by atoms with E-state index in [4.69, 9.17) is 16.3 Å². The predicted octanol–water partition coefficient (Wildman–Crippen LogP) is 6.20. The summed E-state index contributed by atoms with van der Waals surface area (Å²) in [4.78, 5) is 30.9. The van der Waals surface area contributed by atoms with Crippen molar-refractivity contribution in [3.8, 4) is 5.75 Å². The second kappa shape index (κ2) is 10.0. The first-order valence-electron chi connectivity index (χ1n) is 12.0. The summed E-state index contributed by atoms with van der Waals surface area (Å²) in [7, 11) is 1.67. The second-order valence-corrected chi connectivity index (χ2v) is 9.45. The number of methoxy groups -OCH3 is 1. The van der Waals surface area contributed by atoms with Crippen molar-refractivity contribution < 1.29 is 14.3 Å². The number of ether oxygens (including phenoxy) is 1. The van der Waals surface area contributed by atoms with Gasteiger partial charge in [0.1, 0.15) is 10.9 Å². The van der Waals surface area contributed by atoms with Gasteiger partial charge in [-0.25, -0.2) is 4.98 Å². The molecular formula is C29H27ClN2O3. The molecule has 0 saturated heterocycles. The van der Waals surface area contributed by atoms with E-state index in [1.165, 1.54) is 10.5 Å². The van der Waals surface area contributed by atoms with Crippen LogP contribution in [0.5, 0.6) is 5.75 Å². The van der Waals surface area contributed by atoms with Crippen molar-refractivity contribution in [2.24, 2.45) is 5.92 Å². The Morgan fingerprint density at radius 1 is 1.03 bits per heavy atom. The van der Waals surface area contributed by atoms with Crippen LogP contribution in [0.1, 0.15) is 63.1 Å². The molecule has 2 aromatic carbocycles. The number of rotatable bonds is 7. The lowest BCUT2D eigenvalue weighted by molar-refractivity contribution is 0.0651. The normalized spacial score (nSPS) is 17.0. The number of carbonyl (C=O) groups excluding carboxylic acids is 2. The number of aromatic nitrogens is 1. The highest BCUT2D eigenvalue weighted by Gasteiger charge is 2.34. The molecular weight excluding hydrogens is 460 g/mol. The van der Waals surface area contributed by atoms with E-state index in [-0.39, 0.29) is 11.8 Å². The summed E-state index contributed by atoms with van der Waals surface area (Å²) < 4.78 is 5.43. The van der Waals surface area contributed by atoms with E-state index in [9.17, 15) is 9.59 Å². The molecule has 1 aromatic heterocycles. The number of imide groups is 1. The van der Waals surface area contributed by atoms with Crippen LogP contribution in [0.15, 0.2) is 66.9 Å². The predicted molar refractivity (Wildman–Crippen MR) is 137 cm³/mol. The SMILES string of the molecule is COc1cccc(C2=CCC(CCCCN3C(=O)c4ccccc4C3=O)Cc3ccnc(Cl)c32)c1. The molecule has 1 atom stereocenters. The van der Waals surface area contributed by atoms with Gasteiger partial charge in [-0.15, -0.1) is 0 Å². The molecule has 0 radical (unpaired) electrons. The van der Waals surface area contributed by atoms with Gasteiger partial charge < -0.3 is 4.74 Å². The first-order chi connectivity index (χ1) is 17.1. The standard InChI is InChI=1S/C29H27ClN2O3/c1-35-22-9-6-8-20(18-22)23-13-12-19(17-21-14-15-31-27(30)26(21)23)7-4-5-16-32-28(33)24-10-2-3-11-25(24)29(32)34/h2-3,6,8-11,13-15,18-19H,4-5,7,12,16-17H2,1H3. The summed E-state index contributed by atoms with van der Waals surface area (Å²) in [5.41, 5.74) is 5.37. The molecule has 1 aliphatic heterocycles. The first kappa shape index (κ1) is 23.3. The minimum atomic E-state index is -0.179. The van der Waals surface area contributed by atoms with Crippen LogP contribution in [0, 0.1) is 5.92 Å². The Bertz CT molecular complexity index is 1280. The molecule has 0 bridgehead atoms. The largest absolute Gasteiger partial charge is 0.497 e. The Balaban J connectivity index is 1.27. The van der Waals surface area contributed by atoms with Crippen LogP contribution in [0.2, 0.25) is 5.15 Å². The molecule has 2 aliphatic rings. The average Bonchev–Trinajstić information content (AvgIpc) is 3.01. The van der Waals surface area contributed by atoms with E-state index >= 15 is 0 Å². The van der Waals surface area contributed by atoms with Gasteiger partial charge in [-0.05, 0) is 78.6 Å². The molecule has 0 fully saturated rings. The summed E-state index contributed by atoms with van der Waals surface area (Å²) >= 11 is 6.59. The number of amides is 2. The van der Waals surface area contributed by atoms with Crippen LogP contribution in [-0.4, -0.2) is 35.4 Å². The number of allylic oxidation sites excluding steroid dienone is 1. The van der Waals surface area contributed by atoms with Crippen molar-refractivity contribution >= 4 is 29.0 Å². The summed E-state index contributed by atoms with van der Waals surface area (Å²) in [6.07, 6.45) is 8.61. The van der Waals surface area contributed by atoms with Gasteiger partial charge >= 0.3 is 0 Å². The Hall–Kier alpha value is -3.44. The highest BCUT2D eigenvalue weighted by molar-refractivity contribution is 6.31. The van der Waals surface area contributed by atoms with Crippen molar-refractivity contribution in [1.29, 1.82) is 0 Å². The fraction of sp³-hybridized carbons (Fsp3) is 0.276. The number of pyridine rings is 1. The molecule has 178 valence electrons. The van der Waals surface area contributed by atoms with Gasteiger partial charge in [-0.1, -0.05) is 48.4 Å². The Labute approximate surface area is 210 Å². The lowest BCUT2D eigenvalue weighted by Gasteiger charge is -2.17. The number of nitrogens with zero attached hydrogens (tertiary/aromatic N) is 2. The molecule has 1 unspecified atom stereocenters. The second-order valence-electron chi connectivity index (χ2n) is 9.09. The third kappa shape index (κ3) is 4.61. The highest BCUT2D eigenvalue weighted by Crippen LogP contribution is 2.38. The number of halogens is 1. The van der Waals surface area contributed by atoms with Crippen LogP contribution in [-0.2, 0) is 6.42 Å². The molecule has 2 amide bonds. The zero-order valence-corrected chi connectivity index (χ0v) is 20.4. The molecule has 0 N–H and O–H groups in total. The van der Waals surface area contributed by atoms with Crippen LogP contribution in [0.25, 0.3) is 5.57 Å². The quantitative estimate of drug-likeness (QED) is 0.226. The molecule has 1 aliphatic carbocycles. The highest BCUT2D eigenvalue weighted by atomic mass is 35.5. The Kier molecular flexibility index (Phi) is 6.69. The molecule has 5 rings (SSSR count). The maximum Gasteiger partial charge on any atom is 0.261 e. The summed E-state index contributed by atoms with van der Waals surface area (Å²) in [5, 5.41) is 0.517. The molecule has 5 nitrogen and oxygen atoms in total. The molecule has 6 heteroatoms. The van der Waals surface area contributed by atoms with Crippen molar-refractivity contribution in [1.82, 2.24) is 9.88 Å². The summed E-state index contributed by atoms with van der Waals surface area (Å²) in [6.45, 7) is 0.455. The number of benzene rings is 2. The molecule has 35 heavy (non-hydrogen) atoms. The lowest BCUT2D eigenvalue weighted by atomic mass is 9.91. The Morgan fingerprint density at radius 2 is 1.80 bits per heavy atom. The lowest BCUT2D eigenvalue weighted by Crippen LogP contribution is -2.30. The van der Waals surface area contributed by atoms with Crippen LogP contribution in [0.4, 0.5) is 0 Å². The smallest absolute Gasteiger partial charge is 0.261 e. The van der Waals surface area contributed by atoms with Gasteiger partial charge in [-0.3, -0.25) is 14.5 Å².